The van der Waals surface area contributed by atoms with E-state index < -0.39 is 0 Å². The molecule has 1 saturated heterocycles. The third-order valence-corrected chi connectivity index (χ3v) is 4.38. The molecule has 1 fully saturated rings. The second-order valence-electron chi connectivity index (χ2n) is 5.84. The molecule has 0 aliphatic carbocycles. The van der Waals surface area contributed by atoms with Crippen LogP contribution in [-0.4, -0.2) is 6.54 Å². The highest BCUT2D eigenvalue weighted by Crippen LogP contribution is 2.27. The smallest absolute Gasteiger partial charge is 0.0320 e. The Hall–Kier alpha value is -1.60. The van der Waals surface area contributed by atoms with E-state index >= 15 is 0 Å². The van der Waals surface area contributed by atoms with Crippen molar-refractivity contribution in [2.45, 2.75) is 31.7 Å². The molecule has 1 heterocycles. The van der Waals surface area contributed by atoms with Crippen LogP contribution in [0.4, 0.5) is 0 Å². The van der Waals surface area contributed by atoms with E-state index in [0.717, 1.165) is 12.5 Å². The van der Waals surface area contributed by atoms with E-state index in [0.29, 0.717) is 6.04 Å². The van der Waals surface area contributed by atoms with Gasteiger partial charge in [0, 0.05) is 6.04 Å². The molecular formula is C19H23N. The quantitative estimate of drug-likeness (QED) is 0.869. The molecule has 104 valence electrons. The summed E-state index contributed by atoms with van der Waals surface area (Å²) >= 11 is 0. The summed E-state index contributed by atoms with van der Waals surface area (Å²) in [6.45, 7) is 1.14. The molecule has 0 spiro atoms. The molecule has 0 aromatic heterocycles. The highest BCUT2D eigenvalue weighted by molar-refractivity contribution is 5.19. The molecule has 1 N–H and O–H groups in total. The van der Waals surface area contributed by atoms with Crippen molar-refractivity contribution in [1.29, 1.82) is 0 Å². The Morgan fingerprint density at radius 1 is 0.800 bits per heavy atom. The minimum absolute atomic E-state index is 0.539. The van der Waals surface area contributed by atoms with Gasteiger partial charge in [-0.2, -0.15) is 0 Å². The van der Waals surface area contributed by atoms with Crippen molar-refractivity contribution in [3.63, 3.8) is 0 Å². The Morgan fingerprint density at radius 3 is 2.25 bits per heavy atom. The van der Waals surface area contributed by atoms with Crippen molar-refractivity contribution >= 4 is 0 Å². The third kappa shape index (κ3) is 3.49. The molecular weight excluding hydrogens is 242 g/mol. The molecule has 1 nitrogen and oxygen atoms in total. The van der Waals surface area contributed by atoms with Gasteiger partial charge in [-0.25, -0.2) is 0 Å². The first-order chi connectivity index (χ1) is 9.92. The molecule has 0 unspecified atom stereocenters. The van der Waals surface area contributed by atoms with Crippen LogP contribution in [0.5, 0.6) is 0 Å². The van der Waals surface area contributed by atoms with Crippen molar-refractivity contribution in [1.82, 2.24) is 5.32 Å². The lowest BCUT2D eigenvalue weighted by molar-refractivity contribution is 0.462. The van der Waals surface area contributed by atoms with Crippen LogP contribution in [0.25, 0.3) is 0 Å². The molecule has 0 amide bonds. The number of hydrogen-bond donors (Lipinski definition) is 1. The van der Waals surface area contributed by atoms with E-state index in [1.165, 1.54) is 36.8 Å². The van der Waals surface area contributed by atoms with Crippen molar-refractivity contribution in [2.24, 2.45) is 5.92 Å². The van der Waals surface area contributed by atoms with E-state index in [1.807, 2.05) is 0 Å². The fourth-order valence-electron chi connectivity index (χ4n) is 3.23. The van der Waals surface area contributed by atoms with Crippen LogP contribution < -0.4 is 5.32 Å². The summed E-state index contributed by atoms with van der Waals surface area (Å²) < 4.78 is 0. The Labute approximate surface area is 122 Å². The van der Waals surface area contributed by atoms with Crippen LogP contribution in [0.2, 0.25) is 0 Å². The number of benzene rings is 2. The molecule has 2 aromatic carbocycles. The normalized spacial score (nSPS) is 23.2. The molecule has 2 aromatic rings. The third-order valence-electron chi connectivity index (χ3n) is 4.38. The first kappa shape index (κ1) is 13.4. The molecule has 20 heavy (non-hydrogen) atoms. The highest BCUT2D eigenvalue weighted by atomic mass is 14.9. The topological polar surface area (TPSA) is 12.0 Å². The second kappa shape index (κ2) is 6.71. The molecule has 3 rings (SSSR count). The number of hydrogen-bond acceptors (Lipinski definition) is 1. The number of rotatable bonds is 3. The van der Waals surface area contributed by atoms with E-state index in [2.05, 4.69) is 66.0 Å². The van der Waals surface area contributed by atoms with Gasteiger partial charge in [0.25, 0.3) is 0 Å². The van der Waals surface area contributed by atoms with E-state index in [-0.39, 0.29) is 0 Å². The maximum atomic E-state index is 3.71. The van der Waals surface area contributed by atoms with Gasteiger partial charge < -0.3 is 5.32 Å². The van der Waals surface area contributed by atoms with Crippen molar-refractivity contribution in [3.05, 3.63) is 71.8 Å². The van der Waals surface area contributed by atoms with E-state index in [4.69, 9.17) is 0 Å². The minimum Gasteiger partial charge on any atom is -0.310 e. The van der Waals surface area contributed by atoms with E-state index in [9.17, 15) is 0 Å². The first-order valence-corrected chi connectivity index (χ1v) is 7.74. The summed E-state index contributed by atoms with van der Waals surface area (Å²) in [5.74, 6) is 0.818. The van der Waals surface area contributed by atoms with Gasteiger partial charge in [-0.3, -0.25) is 0 Å². The molecule has 2 atom stereocenters. The predicted molar refractivity (Wildman–Crippen MR) is 84.7 cm³/mol. The minimum atomic E-state index is 0.539. The highest BCUT2D eigenvalue weighted by Gasteiger charge is 2.19. The van der Waals surface area contributed by atoms with Gasteiger partial charge in [-0.15, -0.1) is 0 Å². The van der Waals surface area contributed by atoms with Gasteiger partial charge in [-0.05, 0) is 49.3 Å². The van der Waals surface area contributed by atoms with Crippen LogP contribution in [-0.2, 0) is 6.42 Å². The van der Waals surface area contributed by atoms with Crippen molar-refractivity contribution in [2.75, 3.05) is 6.54 Å². The SMILES string of the molecule is c1ccc(C[C@H]2CCN[C@H](c3ccccc3)CC2)cc1. The van der Waals surface area contributed by atoms with Gasteiger partial charge in [0.05, 0.1) is 0 Å². The zero-order chi connectivity index (χ0) is 13.6. The lowest BCUT2D eigenvalue weighted by atomic mass is 9.91. The molecule has 1 heteroatoms. The molecule has 1 aliphatic rings. The second-order valence-corrected chi connectivity index (χ2v) is 5.84. The zero-order valence-corrected chi connectivity index (χ0v) is 12.0. The predicted octanol–water partition coefficient (Wildman–Crippen LogP) is 4.36. The van der Waals surface area contributed by atoms with Gasteiger partial charge in [-0.1, -0.05) is 60.7 Å². The standard InChI is InChI=1S/C19H23N/c1-3-7-16(8-4-1)15-17-11-12-19(20-14-13-17)18-9-5-2-6-10-18/h1-10,17,19-20H,11-15H2/t17-,19+/m1/s1. The Morgan fingerprint density at radius 2 is 1.50 bits per heavy atom. The van der Waals surface area contributed by atoms with Crippen LogP contribution in [0, 0.1) is 5.92 Å². The summed E-state index contributed by atoms with van der Waals surface area (Å²) in [6, 6.07) is 22.3. The summed E-state index contributed by atoms with van der Waals surface area (Å²) in [4.78, 5) is 0. The Kier molecular flexibility index (Phi) is 4.49. The summed E-state index contributed by atoms with van der Waals surface area (Å²) in [5, 5.41) is 3.71. The monoisotopic (exact) mass is 265 g/mol. The fraction of sp³-hybridized carbons (Fsp3) is 0.368. The van der Waals surface area contributed by atoms with Gasteiger partial charge in [0.1, 0.15) is 0 Å². The van der Waals surface area contributed by atoms with Crippen LogP contribution >= 0.6 is 0 Å². The lowest BCUT2D eigenvalue weighted by Gasteiger charge is -2.16. The molecule has 0 radical (unpaired) electrons. The van der Waals surface area contributed by atoms with Crippen LogP contribution in [0.3, 0.4) is 0 Å². The largest absolute Gasteiger partial charge is 0.310 e. The first-order valence-electron chi connectivity index (χ1n) is 7.74. The summed E-state index contributed by atoms with van der Waals surface area (Å²) in [5.41, 5.74) is 2.92. The van der Waals surface area contributed by atoms with Crippen molar-refractivity contribution in [3.8, 4) is 0 Å². The Balaban J connectivity index is 1.60. The van der Waals surface area contributed by atoms with Gasteiger partial charge in [0.15, 0.2) is 0 Å². The maximum Gasteiger partial charge on any atom is 0.0320 e. The van der Waals surface area contributed by atoms with Crippen molar-refractivity contribution < 1.29 is 0 Å². The maximum absolute atomic E-state index is 3.71. The fourth-order valence-corrected chi connectivity index (χ4v) is 3.23. The zero-order valence-electron chi connectivity index (χ0n) is 12.0. The molecule has 0 saturated carbocycles. The molecule has 1 aliphatic heterocycles. The average Bonchev–Trinajstić information content (AvgIpc) is 2.75. The lowest BCUT2D eigenvalue weighted by Crippen LogP contribution is -2.20. The van der Waals surface area contributed by atoms with Gasteiger partial charge in [0.2, 0.25) is 0 Å². The van der Waals surface area contributed by atoms with Crippen LogP contribution in [0.15, 0.2) is 60.7 Å². The van der Waals surface area contributed by atoms with Crippen LogP contribution in [0.1, 0.15) is 36.4 Å². The average molecular weight is 265 g/mol. The van der Waals surface area contributed by atoms with Gasteiger partial charge >= 0.3 is 0 Å². The number of nitrogens with one attached hydrogen (secondary N) is 1. The Bertz CT molecular complexity index is 506. The van der Waals surface area contributed by atoms with E-state index in [1.54, 1.807) is 0 Å². The molecule has 0 bridgehead atoms. The summed E-state index contributed by atoms with van der Waals surface area (Å²) in [6.07, 6.45) is 5.09. The summed E-state index contributed by atoms with van der Waals surface area (Å²) in [7, 11) is 0.